The third-order valence-corrected chi connectivity index (χ3v) is 4.86. The Balaban J connectivity index is 1.53. The zero-order valence-corrected chi connectivity index (χ0v) is 15.5. The first-order valence-electron chi connectivity index (χ1n) is 9.20. The van der Waals surface area contributed by atoms with Crippen LogP contribution in [0, 0.1) is 0 Å². The summed E-state index contributed by atoms with van der Waals surface area (Å²) in [5.41, 5.74) is 3.69. The Bertz CT molecular complexity index is 1180. The third-order valence-electron chi connectivity index (χ3n) is 4.86. The highest BCUT2D eigenvalue weighted by molar-refractivity contribution is 5.97. The summed E-state index contributed by atoms with van der Waals surface area (Å²) < 4.78 is 0. The lowest BCUT2D eigenvalue weighted by Gasteiger charge is -2.15. The normalized spacial score (nSPS) is 11.9. The maximum absolute atomic E-state index is 12.7. The van der Waals surface area contributed by atoms with E-state index in [0.29, 0.717) is 5.52 Å². The topological polar surface area (TPSA) is 62.0 Å². The van der Waals surface area contributed by atoms with Gasteiger partial charge in [0.05, 0.1) is 6.04 Å². The molecule has 1 atom stereocenters. The number of fused-ring (bicyclic) bond motifs is 1. The van der Waals surface area contributed by atoms with E-state index in [9.17, 15) is 9.59 Å². The van der Waals surface area contributed by atoms with Crippen LogP contribution in [0.3, 0.4) is 0 Å². The number of benzene rings is 3. The van der Waals surface area contributed by atoms with Crippen molar-refractivity contribution in [3.8, 4) is 11.1 Å². The maximum Gasteiger partial charge on any atom is 0.261 e. The summed E-state index contributed by atoms with van der Waals surface area (Å²) in [6, 6.07) is 27.0. The zero-order valence-electron chi connectivity index (χ0n) is 15.5. The maximum atomic E-state index is 12.7. The summed E-state index contributed by atoms with van der Waals surface area (Å²) in [5.74, 6) is -0.383. The Morgan fingerprint density at radius 1 is 0.857 bits per heavy atom. The molecule has 4 heteroatoms. The van der Waals surface area contributed by atoms with Gasteiger partial charge < -0.3 is 10.3 Å². The van der Waals surface area contributed by atoms with Gasteiger partial charge in [-0.2, -0.15) is 0 Å². The average molecular weight is 368 g/mol. The number of aromatic amines is 1. The summed E-state index contributed by atoms with van der Waals surface area (Å²) in [5, 5.41) is 3.74. The molecule has 0 spiro atoms. The molecule has 0 aliphatic rings. The average Bonchev–Trinajstić information content (AvgIpc) is 2.74. The van der Waals surface area contributed by atoms with Gasteiger partial charge in [-0.1, -0.05) is 72.8 Å². The van der Waals surface area contributed by atoms with Crippen LogP contribution in [0.15, 0.2) is 89.7 Å². The number of carbonyl (C=O) groups is 1. The van der Waals surface area contributed by atoms with Crippen molar-refractivity contribution >= 4 is 16.8 Å². The SMILES string of the molecule is C[C@@H](NC(=O)c1cc2ccccc2[nH]c1=O)c1ccc(-c2ccccc2)cc1. The minimum Gasteiger partial charge on any atom is -0.345 e. The van der Waals surface area contributed by atoms with Gasteiger partial charge in [0.1, 0.15) is 5.56 Å². The van der Waals surface area contributed by atoms with Crippen molar-refractivity contribution in [1.29, 1.82) is 0 Å². The van der Waals surface area contributed by atoms with E-state index >= 15 is 0 Å². The lowest BCUT2D eigenvalue weighted by atomic mass is 10.0. The molecule has 0 aliphatic heterocycles. The number of rotatable bonds is 4. The van der Waals surface area contributed by atoms with E-state index in [0.717, 1.165) is 22.1 Å². The third kappa shape index (κ3) is 3.58. The van der Waals surface area contributed by atoms with Crippen LogP contribution in [-0.4, -0.2) is 10.9 Å². The second-order valence-corrected chi connectivity index (χ2v) is 6.78. The van der Waals surface area contributed by atoms with Crippen LogP contribution in [0.2, 0.25) is 0 Å². The van der Waals surface area contributed by atoms with Crippen molar-refractivity contribution in [2.75, 3.05) is 0 Å². The molecule has 4 nitrogen and oxygen atoms in total. The molecule has 0 bridgehead atoms. The van der Waals surface area contributed by atoms with E-state index in [4.69, 9.17) is 0 Å². The van der Waals surface area contributed by atoms with Crippen LogP contribution in [0.1, 0.15) is 28.9 Å². The molecule has 4 rings (SSSR count). The van der Waals surface area contributed by atoms with Gasteiger partial charge in [0.25, 0.3) is 11.5 Å². The van der Waals surface area contributed by atoms with Crippen molar-refractivity contribution in [3.63, 3.8) is 0 Å². The smallest absolute Gasteiger partial charge is 0.261 e. The van der Waals surface area contributed by atoms with E-state index in [2.05, 4.69) is 22.4 Å². The van der Waals surface area contributed by atoms with Crippen molar-refractivity contribution < 1.29 is 4.79 Å². The number of hydrogen-bond donors (Lipinski definition) is 2. The van der Waals surface area contributed by atoms with E-state index in [-0.39, 0.29) is 23.1 Å². The Morgan fingerprint density at radius 3 is 2.25 bits per heavy atom. The van der Waals surface area contributed by atoms with Gasteiger partial charge in [0, 0.05) is 5.52 Å². The van der Waals surface area contributed by atoms with Crippen molar-refractivity contribution in [2.24, 2.45) is 0 Å². The molecule has 0 aliphatic carbocycles. The Hall–Kier alpha value is -3.66. The fourth-order valence-corrected chi connectivity index (χ4v) is 3.27. The number of pyridine rings is 1. The van der Waals surface area contributed by atoms with Crippen LogP contribution in [0.4, 0.5) is 0 Å². The number of amides is 1. The molecule has 1 heterocycles. The molecule has 1 aromatic heterocycles. The van der Waals surface area contributed by atoms with Crippen molar-refractivity contribution in [1.82, 2.24) is 10.3 Å². The molecule has 4 aromatic rings. The zero-order chi connectivity index (χ0) is 19.5. The highest BCUT2D eigenvalue weighted by atomic mass is 16.2. The van der Waals surface area contributed by atoms with Gasteiger partial charge in [-0.05, 0) is 41.1 Å². The Labute approximate surface area is 162 Å². The first kappa shape index (κ1) is 17.7. The number of H-pyrrole nitrogens is 1. The Kier molecular flexibility index (Phi) is 4.77. The fraction of sp³-hybridized carbons (Fsp3) is 0.0833. The highest BCUT2D eigenvalue weighted by Gasteiger charge is 2.15. The van der Waals surface area contributed by atoms with Gasteiger partial charge >= 0.3 is 0 Å². The molecule has 0 fully saturated rings. The molecule has 0 saturated carbocycles. The standard InChI is InChI=1S/C24H20N2O2/c1-16(17-11-13-19(14-12-17)18-7-3-2-4-8-18)25-23(27)21-15-20-9-5-6-10-22(20)26-24(21)28/h2-16H,1H3,(H,25,27)(H,26,28)/t16-/m1/s1. The second kappa shape index (κ2) is 7.53. The van der Waals surface area contributed by atoms with Crippen molar-refractivity contribution in [2.45, 2.75) is 13.0 Å². The molecule has 0 radical (unpaired) electrons. The quantitative estimate of drug-likeness (QED) is 0.549. The van der Waals surface area contributed by atoms with E-state index in [1.165, 1.54) is 0 Å². The summed E-state index contributed by atoms with van der Waals surface area (Å²) in [4.78, 5) is 27.7. The lowest BCUT2D eigenvalue weighted by Crippen LogP contribution is -2.31. The van der Waals surface area contributed by atoms with Gasteiger partial charge in [0.15, 0.2) is 0 Å². The predicted octanol–water partition coefficient (Wildman–Crippen LogP) is 4.69. The van der Waals surface area contributed by atoms with E-state index < -0.39 is 0 Å². The summed E-state index contributed by atoms with van der Waals surface area (Å²) >= 11 is 0. The number of para-hydroxylation sites is 1. The van der Waals surface area contributed by atoms with Crippen molar-refractivity contribution in [3.05, 3.63) is 106 Å². The van der Waals surface area contributed by atoms with Crippen LogP contribution < -0.4 is 10.9 Å². The second-order valence-electron chi connectivity index (χ2n) is 6.78. The van der Waals surface area contributed by atoms with Crippen LogP contribution in [0.5, 0.6) is 0 Å². The van der Waals surface area contributed by atoms with Gasteiger partial charge in [-0.3, -0.25) is 9.59 Å². The van der Waals surface area contributed by atoms with Crippen LogP contribution >= 0.6 is 0 Å². The molecule has 2 N–H and O–H groups in total. The first-order valence-corrected chi connectivity index (χ1v) is 9.20. The monoisotopic (exact) mass is 368 g/mol. The van der Waals surface area contributed by atoms with Crippen LogP contribution in [0.25, 0.3) is 22.0 Å². The predicted molar refractivity (Wildman–Crippen MR) is 112 cm³/mol. The molecule has 3 aromatic carbocycles. The molecule has 28 heavy (non-hydrogen) atoms. The summed E-state index contributed by atoms with van der Waals surface area (Å²) in [6.07, 6.45) is 0. The van der Waals surface area contributed by atoms with E-state index in [1.54, 1.807) is 6.07 Å². The minimum absolute atomic E-state index is 0.117. The lowest BCUT2D eigenvalue weighted by molar-refractivity contribution is 0.0938. The number of nitrogens with one attached hydrogen (secondary N) is 2. The van der Waals surface area contributed by atoms with Crippen LogP contribution in [-0.2, 0) is 0 Å². The number of aromatic nitrogens is 1. The van der Waals surface area contributed by atoms with Gasteiger partial charge in [-0.15, -0.1) is 0 Å². The minimum atomic E-state index is -0.386. The van der Waals surface area contributed by atoms with Gasteiger partial charge in [-0.25, -0.2) is 0 Å². The largest absolute Gasteiger partial charge is 0.345 e. The molecule has 0 unspecified atom stereocenters. The fourth-order valence-electron chi connectivity index (χ4n) is 3.27. The molecule has 0 saturated heterocycles. The summed E-state index contributed by atoms with van der Waals surface area (Å²) in [7, 11) is 0. The van der Waals surface area contributed by atoms with E-state index in [1.807, 2.05) is 73.7 Å². The number of carbonyl (C=O) groups excluding carboxylic acids is 1. The molecule has 1 amide bonds. The molecule has 138 valence electrons. The first-order chi connectivity index (χ1) is 13.6. The van der Waals surface area contributed by atoms with Gasteiger partial charge in [0.2, 0.25) is 0 Å². The molecular weight excluding hydrogens is 348 g/mol. The highest BCUT2D eigenvalue weighted by Crippen LogP contribution is 2.22. The Morgan fingerprint density at radius 2 is 1.50 bits per heavy atom. The molecular formula is C24H20N2O2. The number of hydrogen-bond acceptors (Lipinski definition) is 2. The summed E-state index contributed by atoms with van der Waals surface area (Å²) in [6.45, 7) is 1.91.